The fourth-order valence-electron chi connectivity index (χ4n) is 3.62. The summed E-state index contributed by atoms with van der Waals surface area (Å²) < 4.78 is 32.4. The number of thiocarbonyl (C=S) groups is 1. The first-order chi connectivity index (χ1) is 12.3. The van der Waals surface area contributed by atoms with Crippen molar-refractivity contribution in [3.8, 4) is 5.75 Å². The van der Waals surface area contributed by atoms with Crippen LogP contribution >= 0.6 is 12.2 Å². The van der Waals surface area contributed by atoms with Crippen LogP contribution in [0.15, 0.2) is 24.0 Å². The third-order valence-corrected chi connectivity index (χ3v) is 5.14. The van der Waals surface area contributed by atoms with Crippen LogP contribution in [0.25, 0.3) is 0 Å². The van der Waals surface area contributed by atoms with Crippen LogP contribution in [0.4, 0.5) is 8.78 Å². The van der Waals surface area contributed by atoms with E-state index in [1.54, 1.807) is 0 Å². The molecule has 10 heteroatoms. The monoisotopic (exact) mass is 386 g/mol. The molecule has 0 saturated heterocycles. The Balaban J connectivity index is 2.08. The summed E-state index contributed by atoms with van der Waals surface area (Å²) in [6.45, 7) is 0.0967. The molecule has 26 heavy (non-hydrogen) atoms. The van der Waals surface area contributed by atoms with Gasteiger partial charge in [0.05, 0.1) is 6.20 Å². The molecule has 0 spiro atoms. The molecule has 3 rings (SSSR count). The number of halogens is 2. The molecule has 0 fully saturated rings. The third kappa shape index (κ3) is 2.75. The first-order valence-electron chi connectivity index (χ1n) is 7.93. The Morgan fingerprint density at radius 2 is 2.23 bits per heavy atom. The smallest absolute Gasteiger partial charge is 0.393 e. The average molecular weight is 386 g/mol. The molecule has 2 heterocycles. The molecule has 0 amide bonds. The number of ether oxygens (including phenoxy) is 1. The van der Waals surface area contributed by atoms with Crippen molar-refractivity contribution < 1.29 is 33.0 Å². The first-order valence-corrected chi connectivity index (χ1v) is 8.34. The number of aliphatic hydroxyl groups is 1. The first kappa shape index (κ1) is 18.6. The van der Waals surface area contributed by atoms with Crippen molar-refractivity contribution in [1.29, 1.82) is 0 Å². The Labute approximate surface area is 153 Å². The second kappa shape index (κ2) is 6.88. The van der Waals surface area contributed by atoms with Gasteiger partial charge in [-0.25, -0.2) is 13.6 Å². The van der Waals surface area contributed by atoms with Gasteiger partial charge in [-0.2, -0.15) is 4.48 Å². The predicted octanol–water partition coefficient (Wildman–Crippen LogP) is 0.566. The summed E-state index contributed by atoms with van der Waals surface area (Å²) >= 11 is 5.31. The number of rotatable bonds is 5. The Hall–Kier alpha value is -2.14. The lowest BCUT2D eigenvalue weighted by Gasteiger charge is -2.44. The summed E-state index contributed by atoms with van der Waals surface area (Å²) in [5.74, 6) is -3.15. The van der Waals surface area contributed by atoms with E-state index in [2.05, 4.69) is 5.32 Å². The molecule has 0 radical (unpaired) electrons. The van der Waals surface area contributed by atoms with Crippen molar-refractivity contribution >= 4 is 23.3 Å². The van der Waals surface area contributed by atoms with Crippen molar-refractivity contribution in [2.45, 2.75) is 25.1 Å². The van der Waals surface area contributed by atoms with Gasteiger partial charge in [0, 0.05) is 43.2 Å². The molecule has 5 N–H and O–H groups in total. The molecule has 0 aromatic heterocycles. The summed E-state index contributed by atoms with van der Waals surface area (Å²) in [7, 11) is 0. The van der Waals surface area contributed by atoms with Crippen LogP contribution in [0.3, 0.4) is 0 Å². The van der Waals surface area contributed by atoms with Gasteiger partial charge in [0.1, 0.15) is 24.2 Å². The number of carbonyl (C=O) groups is 1. The molecular formula is C16H18F2N3O4S+. The van der Waals surface area contributed by atoms with Crippen molar-refractivity contribution in [2.75, 3.05) is 13.2 Å². The Kier molecular flexibility index (Phi) is 4.93. The van der Waals surface area contributed by atoms with Gasteiger partial charge in [-0.05, 0) is 6.07 Å². The van der Waals surface area contributed by atoms with Crippen LogP contribution in [0.5, 0.6) is 5.75 Å². The van der Waals surface area contributed by atoms with E-state index in [4.69, 9.17) is 22.7 Å². The molecule has 0 saturated carbocycles. The Bertz CT molecular complexity index is 804. The van der Waals surface area contributed by atoms with Crippen LogP contribution < -0.4 is 15.8 Å². The summed E-state index contributed by atoms with van der Waals surface area (Å²) in [6.07, 6.45) is -0.0525. The maximum Gasteiger partial charge on any atom is 0.393 e. The van der Waals surface area contributed by atoms with Crippen LogP contribution in [0.1, 0.15) is 12.0 Å². The minimum Gasteiger partial charge on any atom is -0.484 e. The molecule has 1 aromatic carbocycles. The maximum absolute atomic E-state index is 13.9. The largest absolute Gasteiger partial charge is 0.484 e. The number of benzene rings is 1. The highest BCUT2D eigenvalue weighted by atomic mass is 32.1. The SMILES string of the molecule is NCCC1=CNC(=S)[N@@+]1(C1COc2c(F)cc(F)cc2C1)C(O)C(=O)O. The topological polar surface area (TPSA) is 105 Å². The van der Waals surface area contributed by atoms with Crippen molar-refractivity contribution in [2.24, 2.45) is 5.73 Å². The lowest BCUT2D eigenvalue weighted by Crippen LogP contribution is -2.68. The zero-order chi connectivity index (χ0) is 19.1. The number of hydrogen-bond acceptors (Lipinski definition) is 5. The zero-order valence-corrected chi connectivity index (χ0v) is 14.4. The van der Waals surface area contributed by atoms with E-state index in [9.17, 15) is 23.8 Å². The number of carboxylic acids is 1. The summed E-state index contributed by atoms with van der Waals surface area (Å²) in [5.41, 5.74) is 6.34. The molecular weight excluding hydrogens is 368 g/mol. The molecule has 1 aromatic rings. The highest BCUT2D eigenvalue weighted by Gasteiger charge is 2.57. The van der Waals surface area contributed by atoms with Gasteiger partial charge in [0.2, 0.25) is 0 Å². The van der Waals surface area contributed by atoms with E-state index in [1.165, 1.54) is 6.20 Å². The van der Waals surface area contributed by atoms with Crippen LogP contribution in [-0.2, 0) is 11.2 Å². The molecule has 7 nitrogen and oxygen atoms in total. The van der Waals surface area contributed by atoms with Crippen LogP contribution in [-0.4, -0.2) is 51.2 Å². The lowest BCUT2D eigenvalue weighted by atomic mass is 9.97. The molecule has 2 aliphatic rings. The van der Waals surface area contributed by atoms with Crippen molar-refractivity contribution in [3.05, 3.63) is 41.2 Å². The number of nitrogens with one attached hydrogen (secondary N) is 1. The third-order valence-electron chi connectivity index (χ3n) is 4.72. The van der Waals surface area contributed by atoms with E-state index in [-0.39, 0.29) is 42.4 Å². The summed E-state index contributed by atoms with van der Waals surface area (Å²) in [6, 6.07) is 1.15. The standard InChI is InChI=1S/C16H17F2N3O4S/c17-9-3-8-4-11(7-25-13(8)12(18)5-9)21(14(22)15(23)24)10(1-2-19)6-20-16(21)26/h3,5-6,11,14,22H,1-2,4,7,19H2,(H-,20,23,24,26)/p+1/t11?,14?,21-/m0/s1. The minimum absolute atomic E-state index is 0.0669. The van der Waals surface area contributed by atoms with Gasteiger partial charge < -0.3 is 26.0 Å². The normalized spacial score (nSPS) is 25.8. The molecule has 0 bridgehead atoms. The number of fused-ring (bicyclic) bond motifs is 1. The van der Waals surface area contributed by atoms with Gasteiger partial charge in [0.25, 0.3) is 5.11 Å². The molecule has 2 unspecified atom stereocenters. The average Bonchev–Trinajstić information content (AvgIpc) is 2.91. The fraction of sp³-hybridized carbons (Fsp3) is 0.375. The number of nitrogens with two attached hydrogens (primary N) is 1. The number of quaternary nitrogens is 1. The Morgan fingerprint density at radius 1 is 1.50 bits per heavy atom. The number of nitrogens with zero attached hydrogens (tertiary/aromatic N) is 1. The zero-order valence-electron chi connectivity index (χ0n) is 13.6. The highest BCUT2D eigenvalue weighted by Crippen LogP contribution is 2.39. The van der Waals surface area contributed by atoms with Gasteiger partial charge >= 0.3 is 12.2 Å². The number of carboxylic acid groups (broad SMARTS) is 1. The van der Waals surface area contributed by atoms with Crippen LogP contribution in [0, 0.1) is 11.6 Å². The van der Waals surface area contributed by atoms with Gasteiger partial charge in [-0.3, -0.25) is 0 Å². The maximum atomic E-state index is 13.9. The summed E-state index contributed by atoms with van der Waals surface area (Å²) in [5, 5.41) is 22.8. The van der Waals surface area contributed by atoms with E-state index < -0.39 is 34.4 Å². The van der Waals surface area contributed by atoms with E-state index in [1.807, 2.05) is 0 Å². The second-order valence-electron chi connectivity index (χ2n) is 6.16. The van der Waals surface area contributed by atoms with E-state index >= 15 is 0 Å². The van der Waals surface area contributed by atoms with Crippen molar-refractivity contribution in [1.82, 2.24) is 5.32 Å². The lowest BCUT2D eigenvalue weighted by molar-refractivity contribution is -0.868. The van der Waals surface area contributed by atoms with E-state index in [0.29, 0.717) is 5.70 Å². The Morgan fingerprint density at radius 3 is 2.88 bits per heavy atom. The number of hydrogen-bond donors (Lipinski definition) is 4. The molecule has 3 atom stereocenters. The second-order valence-corrected chi connectivity index (χ2v) is 6.54. The summed E-state index contributed by atoms with van der Waals surface area (Å²) in [4.78, 5) is 11.6. The molecule has 140 valence electrons. The van der Waals surface area contributed by atoms with Gasteiger partial charge in [-0.15, -0.1) is 0 Å². The quantitative estimate of drug-likeness (QED) is 0.433. The van der Waals surface area contributed by atoms with Crippen molar-refractivity contribution in [3.63, 3.8) is 0 Å². The fourth-order valence-corrected chi connectivity index (χ4v) is 4.04. The number of aliphatic hydroxyl groups excluding tert-OH is 1. The highest BCUT2D eigenvalue weighted by molar-refractivity contribution is 7.80. The predicted molar refractivity (Wildman–Crippen MR) is 90.7 cm³/mol. The molecule has 0 aliphatic carbocycles. The van der Waals surface area contributed by atoms with Gasteiger partial charge in [0.15, 0.2) is 11.6 Å². The van der Waals surface area contributed by atoms with Crippen LogP contribution in [0.2, 0.25) is 0 Å². The molecule has 2 aliphatic heterocycles. The minimum atomic E-state index is -1.91. The van der Waals surface area contributed by atoms with E-state index in [0.717, 1.165) is 12.1 Å². The number of aliphatic carboxylic acids is 1. The van der Waals surface area contributed by atoms with Gasteiger partial charge in [-0.1, -0.05) is 0 Å².